The molecule has 1 aliphatic rings. The third-order valence-electron chi connectivity index (χ3n) is 3.12. The van der Waals surface area contributed by atoms with Crippen LogP contribution in [-0.4, -0.2) is 5.91 Å². The fourth-order valence-electron chi connectivity index (χ4n) is 2.24. The van der Waals surface area contributed by atoms with E-state index in [-0.39, 0.29) is 5.91 Å². The van der Waals surface area contributed by atoms with Crippen molar-refractivity contribution in [3.63, 3.8) is 0 Å². The maximum absolute atomic E-state index is 12.0. The molecule has 2 aromatic rings. The van der Waals surface area contributed by atoms with Crippen molar-refractivity contribution >= 4 is 34.8 Å². The number of fused-ring (bicyclic) bond motifs is 1. The summed E-state index contributed by atoms with van der Waals surface area (Å²) >= 11 is 5.93. The van der Waals surface area contributed by atoms with Gasteiger partial charge in [0.15, 0.2) is 0 Å². The van der Waals surface area contributed by atoms with Crippen molar-refractivity contribution in [3.05, 3.63) is 64.2 Å². The van der Waals surface area contributed by atoms with Gasteiger partial charge in [0, 0.05) is 16.2 Å². The van der Waals surface area contributed by atoms with Crippen molar-refractivity contribution < 1.29 is 4.79 Å². The van der Waals surface area contributed by atoms with Crippen LogP contribution in [-0.2, 0) is 4.79 Å². The van der Waals surface area contributed by atoms with Crippen molar-refractivity contribution in [2.45, 2.75) is 6.92 Å². The van der Waals surface area contributed by atoms with Gasteiger partial charge in [-0.25, -0.2) is 0 Å². The molecule has 2 aromatic carbocycles. The molecular weight excluding hydrogens is 258 g/mol. The predicted octanol–water partition coefficient (Wildman–Crippen LogP) is 4.14. The Morgan fingerprint density at radius 1 is 1.16 bits per heavy atom. The Labute approximate surface area is 116 Å². The maximum Gasteiger partial charge on any atom is 0.256 e. The largest absolute Gasteiger partial charge is 0.321 e. The van der Waals surface area contributed by atoms with Gasteiger partial charge >= 0.3 is 0 Å². The zero-order chi connectivity index (χ0) is 13.4. The number of hydrogen-bond donors (Lipinski definition) is 1. The third kappa shape index (κ3) is 2.27. The molecule has 0 aliphatic carbocycles. The SMILES string of the molecule is Cc1cccc(C=C2C(=O)Nc3cc(Cl)ccc32)c1. The highest BCUT2D eigenvalue weighted by molar-refractivity contribution is 6.36. The van der Waals surface area contributed by atoms with E-state index in [0.717, 1.165) is 16.8 Å². The Kier molecular flexibility index (Phi) is 2.88. The normalized spacial score (nSPS) is 15.5. The lowest BCUT2D eigenvalue weighted by Crippen LogP contribution is -2.03. The molecule has 1 N–H and O–H groups in total. The van der Waals surface area contributed by atoms with Crippen LogP contribution in [0.2, 0.25) is 5.02 Å². The van der Waals surface area contributed by atoms with Crippen molar-refractivity contribution in [1.82, 2.24) is 0 Å². The van der Waals surface area contributed by atoms with E-state index in [1.165, 1.54) is 5.56 Å². The first kappa shape index (κ1) is 12.0. The molecule has 0 aromatic heterocycles. The van der Waals surface area contributed by atoms with Gasteiger partial charge in [-0.1, -0.05) is 47.5 Å². The summed E-state index contributed by atoms with van der Waals surface area (Å²) in [4.78, 5) is 12.0. The van der Waals surface area contributed by atoms with E-state index in [4.69, 9.17) is 11.6 Å². The number of carbonyl (C=O) groups is 1. The van der Waals surface area contributed by atoms with Crippen LogP contribution in [0.25, 0.3) is 11.6 Å². The van der Waals surface area contributed by atoms with Crippen molar-refractivity contribution in [2.24, 2.45) is 0 Å². The maximum atomic E-state index is 12.0. The van der Waals surface area contributed by atoms with E-state index in [0.29, 0.717) is 10.6 Å². The van der Waals surface area contributed by atoms with E-state index < -0.39 is 0 Å². The second kappa shape index (κ2) is 4.56. The average Bonchev–Trinajstić information content (AvgIpc) is 2.65. The third-order valence-corrected chi connectivity index (χ3v) is 3.35. The summed E-state index contributed by atoms with van der Waals surface area (Å²) in [5, 5.41) is 3.45. The first-order valence-electron chi connectivity index (χ1n) is 6.03. The molecule has 1 heterocycles. The zero-order valence-corrected chi connectivity index (χ0v) is 11.2. The van der Waals surface area contributed by atoms with Crippen molar-refractivity contribution in [1.29, 1.82) is 0 Å². The summed E-state index contributed by atoms with van der Waals surface area (Å²) < 4.78 is 0. The topological polar surface area (TPSA) is 29.1 Å². The van der Waals surface area contributed by atoms with Gasteiger partial charge in [0.25, 0.3) is 5.91 Å². The number of hydrogen-bond acceptors (Lipinski definition) is 1. The molecule has 2 nitrogen and oxygen atoms in total. The highest BCUT2D eigenvalue weighted by atomic mass is 35.5. The first-order chi connectivity index (χ1) is 9.13. The molecule has 1 aliphatic heterocycles. The molecule has 0 saturated heterocycles. The molecule has 94 valence electrons. The Bertz CT molecular complexity index is 704. The summed E-state index contributed by atoms with van der Waals surface area (Å²) in [7, 11) is 0. The van der Waals surface area contributed by atoms with Crippen molar-refractivity contribution in [3.8, 4) is 0 Å². The zero-order valence-electron chi connectivity index (χ0n) is 10.4. The number of nitrogens with one attached hydrogen (secondary N) is 1. The van der Waals surface area contributed by atoms with Crippen LogP contribution in [0, 0.1) is 6.92 Å². The Morgan fingerprint density at radius 3 is 2.79 bits per heavy atom. The minimum Gasteiger partial charge on any atom is -0.321 e. The average molecular weight is 270 g/mol. The van der Waals surface area contributed by atoms with Gasteiger partial charge in [-0.3, -0.25) is 4.79 Å². The van der Waals surface area contributed by atoms with Crippen LogP contribution in [0.3, 0.4) is 0 Å². The molecule has 0 saturated carbocycles. The lowest BCUT2D eigenvalue weighted by atomic mass is 10.0. The highest BCUT2D eigenvalue weighted by Gasteiger charge is 2.23. The summed E-state index contributed by atoms with van der Waals surface area (Å²) in [6, 6.07) is 13.5. The van der Waals surface area contributed by atoms with E-state index in [2.05, 4.69) is 5.32 Å². The quantitative estimate of drug-likeness (QED) is 0.775. The van der Waals surface area contributed by atoms with Crippen LogP contribution in [0.15, 0.2) is 42.5 Å². The Hall–Kier alpha value is -2.06. The second-order valence-electron chi connectivity index (χ2n) is 4.62. The molecule has 0 radical (unpaired) electrons. The van der Waals surface area contributed by atoms with E-state index in [9.17, 15) is 4.79 Å². The number of amides is 1. The van der Waals surface area contributed by atoms with Gasteiger partial charge in [-0.05, 0) is 30.7 Å². The fourth-order valence-corrected chi connectivity index (χ4v) is 2.41. The van der Waals surface area contributed by atoms with Crippen LogP contribution in [0.1, 0.15) is 16.7 Å². The lowest BCUT2D eigenvalue weighted by molar-refractivity contribution is -0.110. The highest BCUT2D eigenvalue weighted by Crippen LogP contribution is 2.34. The summed E-state index contributed by atoms with van der Waals surface area (Å²) in [6.07, 6.45) is 1.90. The number of carbonyl (C=O) groups excluding carboxylic acids is 1. The molecular formula is C16H12ClNO. The van der Waals surface area contributed by atoms with E-state index in [1.54, 1.807) is 12.1 Å². The van der Waals surface area contributed by atoms with Gasteiger partial charge < -0.3 is 5.32 Å². The summed E-state index contributed by atoms with van der Waals surface area (Å²) in [5.41, 5.74) is 4.54. The van der Waals surface area contributed by atoms with Crippen LogP contribution < -0.4 is 5.32 Å². The molecule has 19 heavy (non-hydrogen) atoms. The van der Waals surface area contributed by atoms with Gasteiger partial charge in [-0.15, -0.1) is 0 Å². The number of halogens is 1. The van der Waals surface area contributed by atoms with Crippen LogP contribution in [0.4, 0.5) is 5.69 Å². The monoisotopic (exact) mass is 269 g/mol. The number of aryl methyl sites for hydroxylation is 1. The Balaban J connectivity index is 2.09. The van der Waals surface area contributed by atoms with Crippen LogP contribution in [0.5, 0.6) is 0 Å². The van der Waals surface area contributed by atoms with E-state index in [1.807, 2.05) is 43.3 Å². The summed E-state index contributed by atoms with van der Waals surface area (Å²) in [6.45, 7) is 2.03. The summed E-state index contributed by atoms with van der Waals surface area (Å²) in [5.74, 6) is -0.0845. The predicted molar refractivity (Wildman–Crippen MR) is 79.1 cm³/mol. The first-order valence-corrected chi connectivity index (χ1v) is 6.41. The molecule has 1 amide bonds. The van der Waals surface area contributed by atoms with Gasteiger partial charge in [0.2, 0.25) is 0 Å². The number of anilines is 1. The molecule has 3 heteroatoms. The molecule has 0 bridgehead atoms. The van der Waals surface area contributed by atoms with Crippen molar-refractivity contribution in [2.75, 3.05) is 5.32 Å². The lowest BCUT2D eigenvalue weighted by Gasteiger charge is -2.00. The molecule has 0 fully saturated rings. The fraction of sp³-hybridized carbons (Fsp3) is 0.0625. The molecule has 3 rings (SSSR count). The Morgan fingerprint density at radius 2 is 2.00 bits per heavy atom. The smallest absolute Gasteiger partial charge is 0.256 e. The molecule has 0 unspecified atom stereocenters. The minimum absolute atomic E-state index is 0.0845. The standard InChI is InChI=1S/C16H12ClNO/c1-10-3-2-4-11(7-10)8-14-13-6-5-12(17)9-15(13)18-16(14)19/h2-9H,1H3,(H,18,19). The molecule has 0 spiro atoms. The number of rotatable bonds is 1. The minimum atomic E-state index is -0.0845. The second-order valence-corrected chi connectivity index (χ2v) is 5.05. The molecule has 0 atom stereocenters. The number of benzene rings is 2. The van der Waals surface area contributed by atoms with Crippen LogP contribution >= 0.6 is 11.6 Å². The van der Waals surface area contributed by atoms with Gasteiger partial charge in [0.1, 0.15) is 0 Å². The van der Waals surface area contributed by atoms with Gasteiger partial charge in [-0.2, -0.15) is 0 Å². The van der Waals surface area contributed by atoms with Gasteiger partial charge in [0.05, 0.1) is 5.69 Å². The van der Waals surface area contributed by atoms with E-state index >= 15 is 0 Å².